The van der Waals surface area contributed by atoms with Gasteiger partial charge in [-0.1, -0.05) is 13.8 Å². The van der Waals surface area contributed by atoms with Crippen LogP contribution < -0.4 is 0 Å². The molecule has 0 spiro atoms. The van der Waals surface area contributed by atoms with Crippen molar-refractivity contribution in [3.63, 3.8) is 0 Å². The van der Waals surface area contributed by atoms with Crippen LogP contribution in [-0.2, 0) is 19.1 Å². The first kappa shape index (κ1) is 14.9. The van der Waals surface area contributed by atoms with Gasteiger partial charge in [0.05, 0.1) is 19.4 Å². The highest BCUT2D eigenvalue weighted by Gasteiger charge is 2.32. The van der Waals surface area contributed by atoms with Gasteiger partial charge < -0.3 is 19.7 Å². The van der Waals surface area contributed by atoms with Crippen molar-refractivity contribution in [3.8, 4) is 0 Å². The van der Waals surface area contributed by atoms with Crippen LogP contribution in [0.1, 0.15) is 33.1 Å². The van der Waals surface area contributed by atoms with Crippen LogP contribution in [-0.4, -0.2) is 47.1 Å². The van der Waals surface area contributed by atoms with Gasteiger partial charge in [-0.05, 0) is 6.42 Å². The lowest BCUT2D eigenvalue weighted by Crippen LogP contribution is -2.24. The molecule has 4 atom stereocenters. The quantitative estimate of drug-likeness (QED) is 0.679. The summed E-state index contributed by atoms with van der Waals surface area (Å²) >= 11 is 0. The molecule has 104 valence electrons. The van der Waals surface area contributed by atoms with Crippen LogP contribution in [0.4, 0.5) is 0 Å². The molecule has 0 saturated carbocycles. The highest BCUT2D eigenvalue weighted by Crippen LogP contribution is 2.23. The Balaban J connectivity index is 0.000000180. The third-order valence-corrected chi connectivity index (χ3v) is 3.08. The fraction of sp³-hybridized carbons (Fsp3) is 0.833. The molecule has 2 saturated heterocycles. The second kappa shape index (κ2) is 6.70. The predicted octanol–water partition coefficient (Wildman–Crippen LogP) is 0.00310. The fourth-order valence-corrected chi connectivity index (χ4v) is 1.97. The maximum Gasteiger partial charge on any atom is 0.309 e. The number of aliphatic hydroxyl groups excluding tert-OH is 2. The maximum absolute atomic E-state index is 10.6. The van der Waals surface area contributed by atoms with E-state index in [0.717, 1.165) is 6.42 Å². The minimum atomic E-state index is -0.817. The van der Waals surface area contributed by atoms with Gasteiger partial charge in [0.2, 0.25) is 0 Å². The number of esters is 2. The first-order chi connectivity index (χ1) is 8.47. The topological polar surface area (TPSA) is 93.1 Å². The molecule has 2 rings (SSSR count). The van der Waals surface area contributed by atoms with Gasteiger partial charge in [-0.25, -0.2) is 0 Å². The molecular weight excluding hydrogens is 240 g/mol. The SMILES string of the molecule is CC[C@@H]1OC(=O)C[C@H]1C.O=C1C[C@@H](O)[C@H](CO)O1. The molecule has 2 aliphatic heterocycles. The van der Waals surface area contributed by atoms with E-state index in [4.69, 9.17) is 14.9 Å². The highest BCUT2D eigenvalue weighted by molar-refractivity contribution is 5.72. The summed E-state index contributed by atoms with van der Waals surface area (Å²) in [4.78, 5) is 20.9. The Hall–Kier alpha value is -1.14. The Kier molecular flexibility index (Phi) is 5.55. The van der Waals surface area contributed by atoms with Crippen LogP contribution in [0.25, 0.3) is 0 Å². The number of aliphatic hydroxyl groups is 2. The molecule has 0 aromatic carbocycles. The molecule has 0 radical (unpaired) electrons. The monoisotopic (exact) mass is 260 g/mol. The highest BCUT2D eigenvalue weighted by atomic mass is 16.6. The minimum Gasteiger partial charge on any atom is -0.462 e. The van der Waals surface area contributed by atoms with Crippen LogP contribution in [0.5, 0.6) is 0 Å². The van der Waals surface area contributed by atoms with Gasteiger partial charge in [0.25, 0.3) is 0 Å². The molecule has 18 heavy (non-hydrogen) atoms. The van der Waals surface area contributed by atoms with E-state index in [0.29, 0.717) is 12.3 Å². The average Bonchev–Trinajstić information content (AvgIpc) is 2.81. The predicted molar refractivity (Wildman–Crippen MR) is 61.5 cm³/mol. The lowest BCUT2D eigenvalue weighted by atomic mass is 10.0. The Morgan fingerprint density at radius 3 is 1.94 bits per heavy atom. The van der Waals surface area contributed by atoms with Crippen molar-refractivity contribution in [1.29, 1.82) is 0 Å². The standard InChI is InChI=1S/C7H12O2.C5H8O4/c1-3-6-5(2)4-7(8)9-6;6-2-4-3(7)1-5(8)9-4/h5-6H,3-4H2,1-2H3;3-4,6-7H,1-2H2/t5-,6+;3-,4+/m11/s1. The van der Waals surface area contributed by atoms with Crippen molar-refractivity contribution < 1.29 is 29.3 Å². The number of carbonyl (C=O) groups excluding carboxylic acids is 2. The summed E-state index contributed by atoms with van der Waals surface area (Å²) in [5, 5.41) is 17.3. The number of hydrogen-bond acceptors (Lipinski definition) is 6. The maximum atomic E-state index is 10.6. The molecule has 2 aliphatic rings. The Morgan fingerprint density at radius 2 is 1.72 bits per heavy atom. The van der Waals surface area contributed by atoms with Gasteiger partial charge in [-0.15, -0.1) is 0 Å². The summed E-state index contributed by atoms with van der Waals surface area (Å²) in [6.07, 6.45) is 0.244. The lowest BCUT2D eigenvalue weighted by Gasteiger charge is -2.08. The van der Waals surface area contributed by atoms with Gasteiger partial charge in [-0.3, -0.25) is 9.59 Å². The number of carbonyl (C=O) groups is 2. The van der Waals surface area contributed by atoms with Gasteiger partial charge in [0.15, 0.2) is 6.10 Å². The Morgan fingerprint density at radius 1 is 1.17 bits per heavy atom. The minimum absolute atomic E-state index is 0.00519. The molecule has 6 heteroatoms. The molecule has 2 heterocycles. The van der Waals surface area contributed by atoms with Gasteiger partial charge in [0.1, 0.15) is 12.2 Å². The van der Waals surface area contributed by atoms with Crippen molar-refractivity contribution >= 4 is 11.9 Å². The Bertz CT molecular complexity index is 273. The summed E-state index contributed by atoms with van der Waals surface area (Å²) < 4.78 is 9.47. The third-order valence-electron chi connectivity index (χ3n) is 3.08. The molecule has 6 nitrogen and oxygen atoms in total. The molecule has 0 unspecified atom stereocenters. The summed E-state index contributed by atoms with van der Waals surface area (Å²) in [6, 6.07) is 0. The molecule has 0 aromatic heterocycles. The second-order valence-electron chi connectivity index (χ2n) is 4.60. The molecule has 0 aliphatic carbocycles. The van der Waals surface area contributed by atoms with E-state index < -0.39 is 18.2 Å². The van der Waals surface area contributed by atoms with Gasteiger partial charge in [0, 0.05) is 5.92 Å². The van der Waals surface area contributed by atoms with Crippen molar-refractivity contribution in [2.45, 2.75) is 51.4 Å². The average molecular weight is 260 g/mol. The summed E-state index contributed by atoms with van der Waals surface area (Å²) in [7, 11) is 0. The normalized spacial score (nSPS) is 34.7. The van der Waals surface area contributed by atoms with E-state index >= 15 is 0 Å². The van der Waals surface area contributed by atoms with Crippen LogP contribution in [0.3, 0.4) is 0 Å². The zero-order valence-corrected chi connectivity index (χ0v) is 10.7. The van der Waals surface area contributed by atoms with Crippen LogP contribution in [0.15, 0.2) is 0 Å². The van der Waals surface area contributed by atoms with Gasteiger partial charge in [-0.2, -0.15) is 0 Å². The van der Waals surface area contributed by atoms with Crippen molar-refractivity contribution in [3.05, 3.63) is 0 Å². The Labute approximate surface area is 106 Å². The van der Waals surface area contributed by atoms with Crippen molar-refractivity contribution in [1.82, 2.24) is 0 Å². The molecule has 0 aromatic rings. The lowest BCUT2D eigenvalue weighted by molar-refractivity contribution is -0.143. The third kappa shape index (κ3) is 3.96. The van der Waals surface area contributed by atoms with E-state index in [9.17, 15) is 9.59 Å². The van der Waals surface area contributed by atoms with Crippen LogP contribution >= 0.6 is 0 Å². The van der Waals surface area contributed by atoms with E-state index in [1.807, 2.05) is 6.92 Å². The second-order valence-corrected chi connectivity index (χ2v) is 4.60. The summed E-state index contributed by atoms with van der Waals surface area (Å²) in [5.41, 5.74) is 0. The van der Waals surface area contributed by atoms with E-state index in [-0.39, 0.29) is 25.1 Å². The summed E-state index contributed by atoms with van der Waals surface area (Å²) in [6.45, 7) is 3.80. The van der Waals surface area contributed by atoms with E-state index in [1.54, 1.807) is 0 Å². The number of hydrogen-bond donors (Lipinski definition) is 2. The van der Waals surface area contributed by atoms with Crippen molar-refractivity contribution in [2.75, 3.05) is 6.61 Å². The number of rotatable bonds is 2. The van der Waals surface area contributed by atoms with Crippen molar-refractivity contribution in [2.24, 2.45) is 5.92 Å². The zero-order chi connectivity index (χ0) is 13.7. The molecular formula is C12H20O6. The molecule has 2 N–H and O–H groups in total. The zero-order valence-electron chi connectivity index (χ0n) is 10.7. The summed E-state index contributed by atoms with van der Waals surface area (Å²) in [5.74, 6) is -0.0431. The van der Waals surface area contributed by atoms with Gasteiger partial charge >= 0.3 is 11.9 Å². The van der Waals surface area contributed by atoms with Crippen LogP contribution in [0.2, 0.25) is 0 Å². The first-order valence-electron chi connectivity index (χ1n) is 6.15. The first-order valence-corrected chi connectivity index (χ1v) is 6.15. The smallest absolute Gasteiger partial charge is 0.309 e. The molecule has 0 bridgehead atoms. The largest absolute Gasteiger partial charge is 0.462 e. The van der Waals surface area contributed by atoms with E-state index in [2.05, 4.69) is 11.7 Å². The fourth-order valence-electron chi connectivity index (χ4n) is 1.97. The molecule has 2 fully saturated rings. The number of cyclic esters (lactones) is 2. The number of ether oxygens (including phenoxy) is 2. The van der Waals surface area contributed by atoms with E-state index in [1.165, 1.54) is 0 Å². The molecule has 0 amide bonds. The van der Waals surface area contributed by atoms with Crippen LogP contribution in [0, 0.1) is 5.92 Å².